The smallest absolute Gasteiger partial charge is 0.185 e. The average molecular weight is 233 g/mol. The second-order valence-electron chi connectivity index (χ2n) is 2.99. The number of aromatic nitrogens is 1. The van der Waals surface area contributed by atoms with Gasteiger partial charge in [-0.25, -0.2) is 4.98 Å². The first-order valence-electron chi connectivity index (χ1n) is 4.76. The van der Waals surface area contributed by atoms with E-state index in [2.05, 4.69) is 16.8 Å². The van der Waals surface area contributed by atoms with Gasteiger partial charge in [0.2, 0.25) is 0 Å². The van der Waals surface area contributed by atoms with Gasteiger partial charge in [-0.1, -0.05) is 17.7 Å². The summed E-state index contributed by atoms with van der Waals surface area (Å²) >= 11 is 1.26. The van der Waals surface area contributed by atoms with Gasteiger partial charge in [-0.05, 0) is 18.1 Å². The van der Waals surface area contributed by atoms with Crippen molar-refractivity contribution < 1.29 is 9.59 Å². The first-order valence-corrected chi connectivity index (χ1v) is 5.74. The van der Waals surface area contributed by atoms with Gasteiger partial charge in [0, 0.05) is 30.9 Å². The fraction of sp³-hybridized carbons (Fsp3) is 0.250. The van der Waals surface area contributed by atoms with Gasteiger partial charge in [-0.15, -0.1) is 0 Å². The molecule has 0 aliphatic heterocycles. The van der Waals surface area contributed by atoms with Crippen molar-refractivity contribution in [3.05, 3.63) is 29.6 Å². The number of thioether (sulfide) groups is 1. The topological polar surface area (TPSA) is 47.0 Å². The molecule has 0 saturated carbocycles. The maximum atomic E-state index is 10.6. The van der Waals surface area contributed by atoms with Crippen LogP contribution in [0.25, 0.3) is 0 Å². The Kier molecular flexibility index (Phi) is 5.30. The minimum atomic E-state index is 0.107. The van der Waals surface area contributed by atoms with Crippen molar-refractivity contribution in [2.45, 2.75) is 13.3 Å². The van der Waals surface area contributed by atoms with Crippen LogP contribution in [0.5, 0.6) is 0 Å². The summed E-state index contributed by atoms with van der Waals surface area (Å²) in [6.07, 6.45) is 2.89. The minimum absolute atomic E-state index is 0.107. The summed E-state index contributed by atoms with van der Waals surface area (Å²) < 4.78 is 0. The van der Waals surface area contributed by atoms with E-state index in [1.807, 2.05) is 0 Å². The van der Waals surface area contributed by atoms with E-state index in [-0.39, 0.29) is 5.12 Å². The van der Waals surface area contributed by atoms with E-state index < -0.39 is 0 Å². The van der Waals surface area contributed by atoms with Gasteiger partial charge in [0.1, 0.15) is 5.69 Å². The third kappa shape index (κ3) is 4.76. The van der Waals surface area contributed by atoms with Crippen LogP contribution in [0.15, 0.2) is 18.3 Å². The first kappa shape index (κ1) is 12.5. The van der Waals surface area contributed by atoms with Crippen LogP contribution in [0.3, 0.4) is 0 Å². The number of nitrogens with zero attached hydrogens (tertiary/aromatic N) is 1. The fourth-order valence-corrected chi connectivity index (χ4v) is 1.44. The molecule has 0 fully saturated rings. The fourth-order valence-electron chi connectivity index (χ4n) is 0.948. The Hall–Kier alpha value is -1.60. The maximum absolute atomic E-state index is 10.6. The zero-order chi connectivity index (χ0) is 11.8. The molecule has 0 unspecified atom stereocenters. The number of carbonyl (C=O) groups excluding carboxylic acids is 2. The van der Waals surface area contributed by atoms with Gasteiger partial charge in [0.05, 0.1) is 0 Å². The summed E-state index contributed by atoms with van der Waals surface area (Å²) in [6, 6.07) is 3.38. The minimum Gasteiger partial charge on any atom is -0.298 e. The Morgan fingerprint density at radius 1 is 1.56 bits per heavy atom. The molecule has 0 aliphatic carbocycles. The highest BCUT2D eigenvalue weighted by Crippen LogP contribution is 2.02. The molecule has 1 rings (SSSR count). The molecule has 0 saturated heterocycles. The largest absolute Gasteiger partial charge is 0.298 e. The van der Waals surface area contributed by atoms with Crippen LogP contribution in [-0.4, -0.2) is 22.1 Å². The van der Waals surface area contributed by atoms with Crippen molar-refractivity contribution in [3.8, 4) is 11.8 Å². The van der Waals surface area contributed by atoms with Crippen LogP contribution >= 0.6 is 11.8 Å². The van der Waals surface area contributed by atoms with Crippen LogP contribution in [-0.2, 0) is 4.79 Å². The zero-order valence-corrected chi connectivity index (χ0v) is 9.71. The lowest BCUT2D eigenvalue weighted by molar-refractivity contribution is -0.109. The molecule has 0 aliphatic rings. The van der Waals surface area contributed by atoms with Crippen molar-refractivity contribution in [2.24, 2.45) is 0 Å². The standard InChI is InChI=1S/C12H11NO2S/c1-10(15)16-7-3-2-4-12-6-5-11(9-14)8-13-12/h5-6,8-9H,3,7H2,1H3. The van der Waals surface area contributed by atoms with Crippen molar-refractivity contribution in [3.63, 3.8) is 0 Å². The zero-order valence-electron chi connectivity index (χ0n) is 8.90. The van der Waals surface area contributed by atoms with Crippen LogP contribution in [0.2, 0.25) is 0 Å². The molecule has 0 N–H and O–H groups in total. The quantitative estimate of drug-likeness (QED) is 0.454. The predicted octanol–water partition coefficient (Wildman–Crippen LogP) is 1.92. The SMILES string of the molecule is CC(=O)SCCC#Cc1ccc(C=O)cn1. The van der Waals surface area contributed by atoms with Gasteiger partial charge < -0.3 is 0 Å². The van der Waals surface area contributed by atoms with Gasteiger partial charge in [0.15, 0.2) is 11.4 Å². The maximum Gasteiger partial charge on any atom is 0.185 e. The molecule has 3 nitrogen and oxygen atoms in total. The molecule has 16 heavy (non-hydrogen) atoms. The molecule has 82 valence electrons. The lowest BCUT2D eigenvalue weighted by Crippen LogP contribution is -1.86. The van der Waals surface area contributed by atoms with E-state index in [0.29, 0.717) is 23.4 Å². The van der Waals surface area contributed by atoms with E-state index in [1.165, 1.54) is 24.9 Å². The summed E-state index contributed by atoms with van der Waals surface area (Å²) in [4.78, 5) is 25.0. The molecule has 0 radical (unpaired) electrons. The van der Waals surface area contributed by atoms with Crippen molar-refractivity contribution >= 4 is 23.2 Å². The van der Waals surface area contributed by atoms with Gasteiger partial charge in [0.25, 0.3) is 0 Å². The predicted molar refractivity (Wildman–Crippen MR) is 64.3 cm³/mol. The molecule has 0 atom stereocenters. The third-order valence-corrected chi connectivity index (χ3v) is 2.49. The number of carbonyl (C=O) groups is 2. The average Bonchev–Trinajstić information content (AvgIpc) is 2.29. The van der Waals surface area contributed by atoms with E-state index in [9.17, 15) is 9.59 Å². The van der Waals surface area contributed by atoms with E-state index in [1.54, 1.807) is 12.1 Å². The first-order chi connectivity index (χ1) is 7.72. The molecule has 1 heterocycles. The Labute approximate surface area is 98.7 Å². The number of hydrogen-bond acceptors (Lipinski definition) is 4. The number of rotatable bonds is 3. The highest BCUT2D eigenvalue weighted by molar-refractivity contribution is 8.13. The highest BCUT2D eigenvalue weighted by Gasteiger charge is 1.92. The Morgan fingerprint density at radius 2 is 2.38 bits per heavy atom. The molecule has 0 amide bonds. The second kappa shape index (κ2) is 6.81. The van der Waals surface area contributed by atoms with Crippen molar-refractivity contribution in [1.82, 2.24) is 4.98 Å². The third-order valence-electron chi connectivity index (χ3n) is 1.67. The molecule has 0 spiro atoms. The summed E-state index contributed by atoms with van der Waals surface area (Å²) in [5.74, 6) is 6.49. The van der Waals surface area contributed by atoms with Crippen LogP contribution in [0, 0.1) is 11.8 Å². The van der Waals surface area contributed by atoms with Crippen molar-refractivity contribution in [2.75, 3.05) is 5.75 Å². The van der Waals surface area contributed by atoms with Gasteiger partial charge in [-0.2, -0.15) is 0 Å². The van der Waals surface area contributed by atoms with Crippen LogP contribution < -0.4 is 0 Å². The molecule has 0 bridgehead atoms. The lowest BCUT2D eigenvalue weighted by atomic mass is 10.2. The molecule has 0 aromatic carbocycles. The summed E-state index contributed by atoms with van der Waals surface area (Å²) in [7, 11) is 0. The molecular weight excluding hydrogens is 222 g/mol. The number of aldehydes is 1. The Bertz CT molecular complexity index is 429. The Morgan fingerprint density at radius 3 is 2.94 bits per heavy atom. The van der Waals surface area contributed by atoms with E-state index in [0.717, 1.165) is 6.29 Å². The normalized spacial score (nSPS) is 9.06. The summed E-state index contributed by atoms with van der Waals surface area (Å²) in [5, 5.41) is 0.107. The molecule has 4 heteroatoms. The van der Waals surface area contributed by atoms with Crippen molar-refractivity contribution in [1.29, 1.82) is 0 Å². The summed E-state index contributed by atoms with van der Waals surface area (Å²) in [6.45, 7) is 1.54. The monoisotopic (exact) mass is 233 g/mol. The second-order valence-corrected chi connectivity index (χ2v) is 4.26. The molecule has 1 aromatic heterocycles. The number of hydrogen-bond donors (Lipinski definition) is 0. The summed E-state index contributed by atoms with van der Waals surface area (Å²) in [5.41, 5.74) is 1.18. The van der Waals surface area contributed by atoms with Crippen LogP contribution in [0.4, 0.5) is 0 Å². The van der Waals surface area contributed by atoms with Crippen LogP contribution in [0.1, 0.15) is 29.4 Å². The molecular formula is C12H11NO2S. The van der Waals surface area contributed by atoms with Gasteiger partial charge in [-0.3, -0.25) is 9.59 Å². The van der Waals surface area contributed by atoms with Gasteiger partial charge >= 0.3 is 0 Å². The van der Waals surface area contributed by atoms with E-state index in [4.69, 9.17) is 0 Å². The number of pyridine rings is 1. The highest BCUT2D eigenvalue weighted by atomic mass is 32.2. The lowest BCUT2D eigenvalue weighted by Gasteiger charge is -1.91. The molecule has 1 aromatic rings. The Balaban J connectivity index is 2.43. The van der Waals surface area contributed by atoms with E-state index >= 15 is 0 Å².